The molecule has 0 unspecified atom stereocenters. The van der Waals surface area contributed by atoms with Gasteiger partial charge in [0.2, 0.25) is 6.79 Å². The number of rotatable bonds is 7. The Morgan fingerprint density at radius 2 is 1.86 bits per heavy atom. The van der Waals surface area contributed by atoms with Crippen molar-refractivity contribution in [3.63, 3.8) is 0 Å². The molecule has 0 aromatic heterocycles. The Morgan fingerprint density at radius 1 is 1.14 bits per heavy atom. The van der Waals surface area contributed by atoms with E-state index in [4.69, 9.17) is 20.2 Å². The van der Waals surface area contributed by atoms with Gasteiger partial charge in [-0.25, -0.2) is 15.0 Å². The van der Waals surface area contributed by atoms with E-state index in [9.17, 15) is 13.2 Å². The highest BCUT2D eigenvalue weighted by Gasteiger charge is 2.63. The summed E-state index contributed by atoms with van der Waals surface area (Å²) >= 11 is 4.96. The van der Waals surface area contributed by atoms with Crippen molar-refractivity contribution in [2.45, 2.75) is 54.9 Å². The van der Waals surface area contributed by atoms with Crippen molar-refractivity contribution in [3.05, 3.63) is 22.9 Å². The van der Waals surface area contributed by atoms with Crippen LogP contribution in [0.15, 0.2) is 33.0 Å². The van der Waals surface area contributed by atoms with E-state index < -0.39 is 11.6 Å². The topological polar surface area (TPSA) is 91.3 Å². The molecule has 13 heteroatoms. The fourth-order valence-electron chi connectivity index (χ4n) is 5.08. The number of halogens is 4. The van der Waals surface area contributed by atoms with Crippen molar-refractivity contribution >= 4 is 33.5 Å². The Morgan fingerprint density at radius 3 is 2.57 bits per heavy atom. The number of aromatic nitrogens is 4. The van der Waals surface area contributed by atoms with E-state index in [1.807, 2.05) is 21.6 Å². The maximum atomic E-state index is 13.3. The lowest BCUT2D eigenvalue weighted by Crippen LogP contribution is -2.42. The minimum atomic E-state index is -4.09. The van der Waals surface area contributed by atoms with Crippen molar-refractivity contribution in [1.29, 1.82) is 0 Å². The lowest BCUT2D eigenvalue weighted by atomic mass is 9.92. The SMILES string of the molecule is Nc1ncn(CCC2CCN(CC3(C(F)(F)F)CC3)CC2)c2nc(Sc3cc4c(cc3Br)OCO4)nc1-2. The number of hydrogen-bond acceptors (Lipinski definition) is 8. The molecule has 5 aliphatic rings. The number of likely N-dealkylation sites (tertiary alicyclic amines) is 1. The first-order valence-corrected chi connectivity index (χ1v) is 13.9. The second-order valence-corrected chi connectivity index (χ2v) is 11.9. The average Bonchev–Trinajstić information content (AvgIpc) is 3.31. The van der Waals surface area contributed by atoms with Crippen LogP contribution in [0.1, 0.15) is 32.1 Å². The molecule has 4 aliphatic heterocycles. The third-order valence-corrected chi connectivity index (χ3v) is 9.41. The first-order valence-electron chi connectivity index (χ1n) is 12.3. The van der Waals surface area contributed by atoms with E-state index in [0.29, 0.717) is 59.5 Å². The third kappa shape index (κ3) is 4.97. The molecule has 0 spiro atoms. The summed E-state index contributed by atoms with van der Waals surface area (Å²) in [7, 11) is 0. The van der Waals surface area contributed by atoms with Crippen molar-refractivity contribution in [1.82, 2.24) is 24.4 Å². The molecule has 0 radical (unpaired) electrons. The summed E-state index contributed by atoms with van der Waals surface area (Å²) in [6, 6.07) is 3.75. The zero-order chi connectivity index (χ0) is 25.8. The van der Waals surface area contributed by atoms with Crippen molar-refractivity contribution in [2.75, 3.05) is 32.2 Å². The van der Waals surface area contributed by atoms with E-state index >= 15 is 0 Å². The maximum Gasteiger partial charge on any atom is 0.395 e. The Labute approximate surface area is 224 Å². The number of ether oxygens (including phenoxy) is 2. The van der Waals surface area contributed by atoms with Crippen LogP contribution >= 0.6 is 27.7 Å². The summed E-state index contributed by atoms with van der Waals surface area (Å²) in [4.78, 5) is 16.5. The molecule has 4 heterocycles. The van der Waals surface area contributed by atoms with Crippen molar-refractivity contribution in [2.24, 2.45) is 11.3 Å². The Hall–Kier alpha value is -2.25. The zero-order valence-electron chi connectivity index (χ0n) is 19.9. The molecule has 0 amide bonds. The predicted molar refractivity (Wildman–Crippen MR) is 135 cm³/mol. The summed E-state index contributed by atoms with van der Waals surface area (Å²) in [5.74, 6) is 2.80. The molecule has 6 rings (SSSR count). The number of nitrogens with two attached hydrogens (primary N) is 1. The van der Waals surface area contributed by atoms with Crippen LogP contribution in [0, 0.1) is 11.3 Å². The summed E-state index contributed by atoms with van der Waals surface area (Å²) in [5.41, 5.74) is 5.20. The van der Waals surface area contributed by atoms with Gasteiger partial charge in [-0.15, -0.1) is 0 Å². The number of piperidine rings is 1. The molecule has 198 valence electrons. The standard InChI is InChI=1S/C24H26BrF3N6O2S/c25-15-9-16-17(36-13-35-16)10-18(15)37-22-31-19-20(29)30-12-34(21(19)32-22)8-3-14-1-6-33(7-2-14)11-23(4-5-23)24(26,27)28/h9-10,12,14H,1-8,11,13,29H2. The summed E-state index contributed by atoms with van der Waals surface area (Å²) in [6.45, 7) is 2.46. The second-order valence-electron chi connectivity index (χ2n) is 10.0. The molecule has 0 atom stereocenters. The van der Waals surface area contributed by atoms with Crippen LogP contribution in [0.3, 0.4) is 0 Å². The van der Waals surface area contributed by atoms with E-state index in [0.717, 1.165) is 28.6 Å². The number of anilines is 1. The van der Waals surface area contributed by atoms with Gasteiger partial charge in [0.05, 0.1) is 11.7 Å². The van der Waals surface area contributed by atoms with Crippen LogP contribution in [0.2, 0.25) is 0 Å². The predicted octanol–water partition coefficient (Wildman–Crippen LogP) is 5.45. The van der Waals surface area contributed by atoms with Gasteiger partial charge >= 0.3 is 6.18 Å². The molecule has 8 nitrogen and oxygen atoms in total. The molecule has 1 saturated carbocycles. The molecule has 1 aliphatic carbocycles. The molecule has 2 N–H and O–H groups in total. The average molecular weight is 599 g/mol. The van der Waals surface area contributed by atoms with Crippen LogP contribution < -0.4 is 15.2 Å². The fourth-order valence-corrected chi connectivity index (χ4v) is 6.44. The molecule has 1 aromatic carbocycles. The van der Waals surface area contributed by atoms with E-state index in [-0.39, 0.29) is 26.2 Å². The van der Waals surface area contributed by atoms with Gasteiger partial charge in [-0.1, -0.05) is 0 Å². The Kier molecular flexibility index (Phi) is 6.43. The summed E-state index contributed by atoms with van der Waals surface area (Å²) < 4.78 is 53.7. The number of nitrogens with zero attached hydrogens (tertiary/aromatic N) is 5. The van der Waals surface area contributed by atoms with Gasteiger partial charge < -0.3 is 24.7 Å². The van der Waals surface area contributed by atoms with Crippen LogP contribution in [-0.4, -0.2) is 57.0 Å². The Balaban J connectivity index is 1.09. The minimum absolute atomic E-state index is 0.142. The van der Waals surface area contributed by atoms with Gasteiger partial charge in [0.15, 0.2) is 34.0 Å². The molecule has 1 saturated heterocycles. The summed E-state index contributed by atoms with van der Waals surface area (Å²) in [5, 5.41) is 0.551. The Bertz CT molecular complexity index is 1280. The van der Waals surface area contributed by atoms with Gasteiger partial charge in [-0.2, -0.15) is 13.2 Å². The van der Waals surface area contributed by atoms with E-state index in [1.54, 1.807) is 6.33 Å². The largest absolute Gasteiger partial charge is 0.454 e. The molecule has 2 fully saturated rings. The highest BCUT2D eigenvalue weighted by atomic mass is 79.9. The van der Waals surface area contributed by atoms with E-state index in [2.05, 4.69) is 25.9 Å². The lowest BCUT2D eigenvalue weighted by molar-refractivity contribution is -0.192. The quantitative estimate of drug-likeness (QED) is 0.384. The molecular weight excluding hydrogens is 573 g/mol. The van der Waals surface area contributed by atoms with Gasteiger partial charge in [0, 0.05) is 22.5 Å². The van der Waals surface area contributed by atoms with Crippen molar-refractivity contribution < 1.29 is 22.6 Å². The minimum Gasteiger partial charge on any atom is -0.454 e. The zero-order valence-corrected chi connectivity index (χ0v) is 22.3. The smallest absolute Gasteiger partial charge is 0.395 e. The molecule has 0 bridgehead atoms. The van der Waals surface area contributed by atoms with Crippen LogP contribution in [0.25, 0.3) is 11.5 Å². The number of benzene rings is 1. The molecule has 37 heavy (non-hydrogen) atoms. The number of nitrogen functional groups attached to an aromatic ring is 1. The van der Waals surface area contributed by atoms with Gasteiger partial charge in [-0.3, -0.25) is 0 Å². The third-order valence-electron chi connectivity index (χ3n) is 7.57. The highest BCUT2D eigenvalue weighted by Crippen LogP contribution is 2.58. The number of hydrogen-bond donors (Lipinski definition) is 1. The second kappa shape index (κ2) is 9.49. The van der Waals surface area contributed by atoms with Gasteiger partial charge in [0.25, 0.3) is 0 Å². The van der Waals surface area contributed by atoms with Gasteiger partial charge in [-0.05, 0) is 90.9 Å². The number of fused-ring (bicyclic) bond motifs is 2. The highest BCUT2D eigenvalue weighted by molar-refractivity contribution is 9.10. The van der Waals surface area contributed by atoms with Crippen LogP contribution in [0.5, 0.6) is 11.5 Å². The molecule has 1 aromatic rings. The van der Waals surface area contributed by atoms with E-state index in [1.165, 1.54) is 11.8 Å². The first kappa shape index (κ1) is 25.1. The monoisotopic (exact) mass is 598 g/mol. The maximum absolute atomic E-state index is 13.3. The number of alkyl halides is 3. The van der Waals surface area contributed by atoms with Crippen molar-refractivity contribution in [3.8, 4) is 23.0 Å². The summed E-state index contributed by atoms with van der Waals surface area (Å²) in [6.07, 6.45) is 0.807. The normalized spacial score (nSPS) is 19.6. The van der Waals surface area contributed by atoms with Crippen LogP contribution in [-0.2, 0) is 6.54 Å². The van der Waals surface area contributed by atoms with Crippen LogP contribution in [0.4, 0.5) is 19.0 Å². The number of aryl methyl sites for hydroxylation is 1. The number of imidazole rings is 1. The first-order chi connectivity index (χ1) is 17.7. The van der Waals surface area contributed by atoms with Gasteiger partial charge in [0.1, 0.15) is 0 Å². The molecular formula is C24H26BrF3N6O2S. The fraction of sp³-hybridized carbons (Fsp3) is 0.542. The lowest BCUT2D eigenvalue weighted by Gasteiger charge is -2.35.